The van der Waals surface area contributed by atoms with E-state index < -0.39 is 11.8 Å². The number of carbonyl (C=O) groups excluding carboxylic acids is 5. The van der Waals surface area contributed by atoms with Crippen LogP contribution >= 0.6 is 0 Å². The molecule has 340 valence electrons. The maximum absolute atomic E-state index is 13.9. The van der Waals surface area contributed by atoms with Crippen molar-refractivity contribution in [2.24, 2.45) is 4.99 Å². The lowest BCUT2D eigenvalue weighted by molar-refractivity contribution is -0.126. The van der Waals surface area contributed by atoms with Crippen molar-refractivity contribution in [2.45, 2.75) is 38.1 Å². The molecule has 3 heterocycles. The average molecular weight is 895 g/mol. The van der Waals surface area contributed by atoms with Crippen LogP contribution in [0.2, 0.25) is 0 Å². The molecule has 2 atom stereocenters. The van der Waals surface area contributed by atoms with Gasteiger partial charge in [-0.2, -0.15) is 0 Å². The molecule has 0 radical (unpaired) electrons. The SMILES string of the molecule is CNCC(=O)NCC(=O)NCC(=O)N(C)c1cc(COc2cc(N=C[C@@H]3Cc4ccccc4N3C)c(C=O)cc2O)cc(COc2cc3c(cc2O)C(=O)N2c4ccccc4CC2CN3)c1. The maximum atomic E-state index is 13.9. The molecule has 0 saturated carbocycles. The summed E-state index contributed by atoms with van der Waals surface area (Å²) in [6.07, 6.45) is 3.83. The van der Waals surface area contributed by atoms with Gasteiger partial charge in [0.05, 0.1) is 48.7 Å². The summed E-state index contributed by atoms with van der Waals surface area (Å²) in [5.74, 6) is -1.96. The molecule has 0 spiro atoms. The van der Waals surface area contributed by atoms with E-state index in [1.165, 1.54) is 35.7 Å². The number of aldehydes is 1. The number of rotatable bonds is 16. The number of phenolic OH excluding ortho intramolecular Hbond substituents is 2. The summed E-state index contributed by atoms with van der Waals surface area (Å²) in [4.78, 5) is 73.5. The van der Waals surface area contributed by atoms with Crippen LogP contribution in [0.15, 0.2) is 96.0 Å². The van der Waals surface area contributed by atoms with Crippen molar-refractivity contribution in [3.05, 3.63) is 124 Å². The average Bonchev–Trinajstić information content (AvgIpc) is 3.82. The van der Waals surface area contributed by atoms with Crippen LogP contribution in [0.5, 0.6) is 23.0 Å². The number of carbonyl (C=O) groups is 5. The van der Waals surface area contributed by atoms with Gasteiger partial charge in [0, 0.05) is 61.6 Å². The molecular weight excluding hydrogens is 845 g/mol. The van der Waals surface area contributed by atoms with Gasteiger partial charge in [-0.05, 0) is 84.6 Å². The lowest BCUT2D eigenvalue weighted by Gasteiger charge is -2.22. The van der Waals surface area contributed by atoms with Gasteiger partial charge in [-0.3, -0.25) is 29.0 Å². The number of fused-ring (bicyclic) bond motifs is 5. The number of nitrogens with one attached hydrogen (secondary N) is 4. The Morgan fingerprint density at radius 3 is 2.17 bits per heavy atom. The highest BCUT2D eigenvalue weighted by Crippen LogP contribution is 2.41. The third-order valence-electron chi connectivity index (χ3n) is 11.9. The van der Waals surface area contributed by atoms with Gasteiger partial charge in [0.25, 0.3) is 5.91 Å². The Morgan fingerprint density at radius 1 is 0.833 bits per heavy atom. The molecular formula is C49H50N8O9. The van der Waals surface area contributed by atoms with E-state index >= 15 is 0 Å². The zero-order valence-corrected chi connectivity index (χ0v) is 36.7. The van der Waals surface area contributed by atoms with Crippen molar-refractivity contribution in [3.8, 4) is 23.0 Å². The maximum Gasteiger partial charge on any atom is 0.260 e. The van der Waals surface area contributed by atoms with Gasteiger partial charge in [-0.25, -0.2) is 0 Å². The van der Waals surface area contributed by atoms with Crippen molar-refractivity contribution >= 4 is 64.6 Å². The number of para-hydroxylation sites is 2. The van der Waals surface area contributed by atoms with Crippen LogP contribution in [0.25, 0.3) is 0 Å². The molecule has 0 aliphatic carbocycles. The topological polar surface area (TPSA) is 214 Å². The Balaban J connectivity index is 1.01. The third-order valence-corrected chi connectivity index (χ3v) is 11.9. The largest absolute Gasteiger partial charge is 0.504 e. The van der Waals surface area contributed by atoms with E-state index in [1.54, 1.807) is 42.4 Å². The Bertz CT molecular complexity index is 2740. The number of ether oxygens (including phenoxy) is 2. The second-order valence-corrected chi connectivity index (χ2v) is 16.3. The van der Waals surface area contributed by atoms with Crippen molar-refractivity contribution < 1.29 is 43.7 Å². The number of hydrogen-bond acceptors (Lipinski definition) is 13. The van der Waals surface area contributed by atoms with E-state index in [0.29, 0.717) is 53.0 Å². The van der Waals surface area contributed by atoms with E-state index in [2.05, 4.69) is 37.2 Å². The van der Waals surface area contributed by atoms with Crippen LogP contribution in [0.4, 0.5) is 28.4 Å². The fourth-order valence-corrected chi connectivity index (χ4v) is 8.37. The van der Waals surface area contributed by atoms with Crippen LogP contribution in [0.3, 0.4) is 0 Å². The summed E-state index contributed by atoms with van der Waals surface area (Å²) in [5, 5.41) is 33.2. The molecule has 1 unspecified atom stereocenters. The summed E-state index contributed by atoms with van der Waals surface area (Å²) in [6.45, 7) is -0.358. The van der Waals surface area contributed by atoms with E-state index in [-0.39, 0.29) is 85.3 Å². The minimum absolute atomic E-state index is 0.0327. The second-order valence-electron chi connectivity index (χ2n) is 16.3. The Morgan fingerprint density at radius 2 is 1.47 bits per heavy atom. The summed E-state index contributed by atoms with van der Waals surface area (Å²) in [5.41, 5.74) is 7.04. The van der Waals surface area contributed by atoms with Crippen LogP contribution in [-0.4, -0.2) is 106 Å². The zero-order chi connectivity index (χ0) is 46.5. The molecule has 4 amide bonds. The summed E-state index contributed by atoms with van der Waals surface area (Å²) >= 11 is 0. The number of aromatic hydroxyl groups is 2. The quantitative estimate of drug-likeness (QED) is 0.0467. The van der Waals surface area contributed by atoms with Gasteiger partial charge in [0.15, 0.2) is 29.3 Å². The first-order valence-electron chi connectivity index (χ1n) is 21.4. The second kappa shape index (κ2) is 19.4. The van der Waals surface area contributed by atoms with E-state index in [0.717, 1.165) is 23.4 Å². The van der Waals surface area contributed by atoms with Crippen molar-refractivity contribution in [1.29, 1.82) is 0 Å². The molecule has 0 saturated heterocycles. The molecule has 3 aliphatic rings. The van der Waals surface area contributed by atoms with E-state index in [1.807, 2.05) is 49.5 Å². The summed E-state index contributed by atoms with van der Waals surface area (Å²) in [6, 6.07) is 26.7. The molecule has 66 heavy (non-hydrogen) atoms. The number of amides is 4. The molecule has 5 aromatic rings. The Labute approximate surface area is 381 Å². The number of phenols is 2. The van der Waals surface area contributed by atoms with Crippen LogP contribution in [-0.2, 0) is 40.4 Å². The number of benzene rings is 5. The number of hydrogen-bond donors (Lipinski definition) is 6. The molecule has 5 aromatic carbocycles. The third kappa shape index (κ3) is 9.61. The van der Waals surface area contributed by atoms with E-state index in [9.17, 15) is 34.2 Å². The zero-order valence-electron chi connectivity index (χ0n) is 36.7. The van der Waals surface area contributed by atoms with Crippen LogP contribution in [0, 0.1) is 0 Å². The van der Waals surface area contributed by atoms with Crippen molar-refractivity contribution in [3.63, 3.8) is 0 Å². The highest BCUT2D eigenvalue weighted by molar-refractivity contribution is 6.12. The van der Waals surface area contributed by atoms with Gasteiger partial charge < -0.3 is 55.7 Å². The van der Waals surface area contributed by atoms with Gasteiger partial charge in [-0.1, -0.05) is 36.4 Å². The van der Waals surface area contributed by atoms with Crippen LogP contribution in [0.1, 0.15) is 43.0 Å². The molecule has 6 N–H and O–H groups in total. The molecule has 0 aromatic heterocycles. The highest BCUT2D eigenvalue weighted by atomic mass is 16.5. The highest BCUT2D eigenvalue weighted by Gasteiger charge is 2.37. The molecule has 17 heteroatoms. The van der Waals surface area contributed by atoms with Gasteiger partial charge in [0.1, 0.15) is 13.2 Å². The molecule has 3 aliphatic heterocycles. The number of nitrogens with zero attached hydrogens (tertiary/aromatic N) is 4. The van der Waals surface area contributed by atoms with Crippen LogP contribution < -0.4 is 45.4 Å². The lowest BCUT2D eigenvalue weighted by Crippen LogP contribution is -2.43. The first kappa shape index (κ1) is 44.7. The van der Waals surface area contributed by atoms with Crippen molar-refractivity contribution in [1.82, 2.24) is 16.0 Å². The van der Waals surface area contributed by atoms with Gasteiger partial charge in [-0.15, -0.1) is 0 Å². The smallest absolute Gasteiger partial charge is 0.260 e. The fourth-order valence-electron chi connectivity index (χ4n) is 8.37. The predicted molar refractivity (Wildman–Crippen MR) is 250 cm³/mol. The minimum atomic E-state index is -0.552. The summed E-state index contributed by atoms with van der Waals surface area (Å²) in [7, 11) is 5.12. The number of anilines is 4. The Hall–Kier alpha value is -7.92. The molecule has 0 bridgehead atoms. The normalized spacial score (nSPS) is 15.8. The first-order valence-corrected chi connectivity index (χ1v) is 21.4. The fraction of sp³-hybridized carbons (Fsp3) is 0.265. The number of aliphatic imine (C=N–C) groups is 1. The standard InChI is InChI=1S/C49H50N8O9/c1-50-23-46(61)53-24-47(62)54-25-48(63)56(3)34-13-29(27-65-44-19-38(33(26-58)17-42(44)59)51-21-35-15-31-8-4-6-10-40(31)55(35)2)12-30(14-34)28-66-45-20-39-37(18-43(45)60)49(64)57-36(22-52-39)16-32-9-5-7-11-41(32)57/h4-14,17-21,26,35-36,50,52,59-60H,15-16,22-25,27-28H2,1-3H3,(H,53,61)(H,54,62)/t35-,36?/m0/s1. The molecule has 0 fully saturated rings. The predicted octanol–water partition coefficient (Wildman–Crippen LogP) is 4.24. The minimum Gasteiger partial charge on any atom is -0.504 e. The monoisotopic (exact) mass is 894 g/mol. The van der Waals surface area contributed by atoms with Gasteiger partial charge in [0.2, 0.25) is 17.7 Å². The first-order chi connectivity index (χ1) is 31.9. The summed E-state index contributed by atoms with van der Waals surface area (Å²) < 4.78 is 12.3. The van der Waals surface area contributed by atoms with E-state index in [4.69, 9.17) is 9.47 Å². The molecule has 8 rings (SSSR count). The number of likely N-dealkylation sites (N-methyl/N-ethyl adjacent to an activating group) is 3. The lowest BCUT2D eigenvalue weighted by atomic mass is 10.1. The van der Waals surface area contributed by atoms with Crippen molar-refractivity contribution in [2.75, 3.05) is 67.3 Å². The van der Waals surface area contributed by atoms with Gasteiger partial charge >= 0.3 is 0 Å². The molecule has 17 nitrogen and oxygen atoms in total. The Kier molecular flexibility index (Phi) is 13.2.